The Bertz CT molecular complexity index is 1020. The highest BCUT2D eigenvalue weighted by atomic mass is 16.5. The monoisotopic (exact) mass is 366 g/mol. The quantitative estimate of drug-likeness (QED) is 0.694. The molecule has 1 aliphatic heterocycles. The number of rotatable bonds is 5. The van der Waals surface area contributed by atoms with Gasteiger partial charge in [-0.3, -0.25) is 9.36 Å². The van der Waals surface area contributed by atoms with Gasteiger partial charge in [-0.1, -0.05) is 24.3 Å². The van der Waals surface area contributed by atoms with Gasteiger partial charge in [0.25, 0.3) is 0 Å². The third kappa shape index (κ3) is 3.23. The number of fused-ring (bicyclic) bond motifs is 2. The molecule has 4 rings (SSSR count). The highest BCUT2D eigenvalue weighted by Crippen LogP contribution is 2.36. The van der Waals surface area contributed by atoms with Crippen molar-refractivity contribution in [1.82, 2.24) is 4.57 Å². The molecule has 0 saturated carbocycles. The Morgan fingerprint density at radius 3 is 2.89 bits per heavy atom. The molecule has 2 heterocycles. The molecule has 0 N–H and O–H groups in total. The number of nitrogens with zero attached hydrogens (tertiary/aromatic N) is 2. The summed E-state index contributed by atoms with van der Waals surface area (Å²) in [5.41, 5.74) is 3.37. The van der Waals surface area contributed by atoms with Gasteiger partial charge in [-0.15, -0.1) is 0 Å². The summed E-state index contributed by atoms with van der Waals surface area (Å²) in [6.45, 7) is 1.15. The molecule has 0 spiro atoms. The second kappa shape index (κ2) is 7.31. The van der Waals surface area contributed by atoms with Gasteiger partial charge in [0.15, 0.2) is 5.58 Å². The van der Waals surface area contributed by atoms with E-state index in [9.17, 15) is 9.59 Å². The van der Waals surface area contributed by atoms with Crippen LogP contribution >= 0.6 is 0 Å². The second-order valence-corrected chi connectivity index (χ2v) is 6.71. The Labute approximate surface area is 157 Å². The number of aryl methyl sites for hydroxylation is 2. The SMILES string of the molecule is COc1cccc2c1N(C(=O)CCCn1c(=O)oc3ccccc31)CCC2. The Hall–Kier alpha value is -3.02. The van der Waals surface area contributed by atoms with Crippen molar-refractivity contribution in [1.29, 1.82) is 0 Å². The zero-order valence-corrected chi connectivity index (χ0v) is 15.3. The van der Waals surface area contributed by atoms with Crippen LogP contribution in [0.1, 0.15) is 24.8 Å². The molecular formula is C21H22N2O4. The van der Waals surface area contributed by atoms with Crippen LogP contribution < -0.4 is 15.4 Å². The first-order valence-corrected chi connectivity index (χ1v) is 9.23. The van der Waals surface area contributed by atoms with Crippen molar-refractivity contribution in [2.75, 3.05) is 18.6 Å². The number of aromatic nitrogens is 1. The molecular weight excluding hydrogens is 344 g/mol. The van der Waals surface area contributed by atoms with Gasteiger partial charge in [0.2, 0.25) is 5.91 Å². The number of methoxy groups -OCH3 is 1. The average Bonchev–Trinajstić information content (AvgIpc) is 3.02. The molecule has 27 heavy (non-hydrogen) atoms. The molecule has 0 radical (unpaired) electrons. The van der Waals surface area contributed by atoms with Crippen molar-refractivity contribution in [3.63, 3.8) is 0 Å². The van der Waals surface area contributed by atoms with Crippen molar-refractivity contribution < 1.29 is 13.9 Å². The van der Waals surface area contributed by atoms with Crippen molar-refractivity contribution in [2.45, 2.75) is 32.2 Å². The summed E-state index contributed by atoms with van der Waals surface area (Å²) in [6, 6.07) is 13.2. The fourth-order valence-electron chi connectivity index (χ4n) is 3.78. The predicted octanol–water partition coefficient (Wildman–Crippen LogP) is 3.36. The second-order valence-electron chi connectivity index (χ2n) is 6.71. The number of benzene rings is 2. The largest absolute Gasteiger partial charge is 0.495 e. The van der Waals surface area contributed by atoms with Gasteiger partial charge >= 0.3 is 5.76 Å². The van der Waals surface area contributed by atoms with E-state index in [1.165, 1.54) is 0 Å². The van der Waals surface area contributed by atoms with Gasteiger partial charge in [0.05, 0.1) is 18.3 Å². The van der Waals surface area contributed by atoms with Crippen LogP contribution in [0, 0.1) is 0 Å². The summed E-state index contributed by atoms with van der Waals surface area (Å²) in [5.74, 6) is 0.410. The van der Waals surface area contributed by atoms with Crippen LogP contribution in [0.4, 0.5) is 5.69 Å². The highest BCUT2D eigenvalue weighted by molar-refractivity contribution is 5.96. The van der Waals surface area contributed by atoms with Crippen LogP contribution in [0.25, 0.3) is 11.1 Å². The topological polar surface area (TPSA) is 64.7 Å². The van der Waals surface area contributed by atoms with E-state index in [0.29, 0.717) is 31.5 Å². The van der Waals surface area contributed by atoms with Gasteiger partial charge in [-0.25, -0.2) is 4.79 Å². The Morgan fingerprint density at radius 1 is 1.19 bits per heavy atom. The lowest BCUT2D eigenvalue weighted by Gasteiger charge is -2.31. The molecule has 2 aromatic carbocycles. The van der Waals surface area contributed by atoms with Crippen LogP contribution in [0.5, 0.6) is 5.75 Å². The number of hydrogen-bond acceptors (Lipinski definition) is 4. The number of anilines is 1. The fraction of sp³-hybridized carbons (Fsp3) is 0.333. The van der Waals surface area contributed by atoms with Gasteiger partial charge < -0.3 is 14.1 Å². The van der Waals surface area contributed by atoms with Crippen LogP contribution in [-0.4, -0.2) is 24.1 Å². The van der Waals surface area contributed by atoms with Crippen LogP contribution in [0.15, 0.2) is 51.7 Å². The summed E-state index contributed by atoms with van der Waals surface area (Å²) in [7, 11) is 1.63. The minimum Gasteiger partial charge on any atom is -0.495 e. The van der Waals surface area contributed by atoms with E-state index in [4.69, 9.17) is 9.15 Å². The van der Waals surface area contributed by atoms with E-state index in [2.05, 4.69) is 6.07 Å². The summed E-state index contributed by atoms with van der Waals surface area (Å²) in [5, 5.41) is 0. The fourth-order valence-corrected chi connectivity index (χ4v) is 3.78. The van der Waals surface area contributed by atoms with E-state index < -0.39 is 0 Å². The molecule has 3 aromatic rings. The molecule has 0 fully saturated rings. The molecule has 1 aromatic heterocycles. The number of hydrogen-bond donors (Lipinski definition) is 0. The maximum Gasteiger partial charge on any atom is 0.419 e. The van der Waals surface area contributed by atoms with Crippen molar-refractivity contribution >= 4 is 22.7 Å². The summed E-state index contributed by atoms with van der Waals surface area (Å²) < 4.78 is 12.3. The molecule has 6 heteroatoms. The number of oxazole rings is 1. The van der Waals surface area contributed by atoms with Crippen LogP contribution in [0.3, 0.4) is 0 Å². The van der Waals surface area contributed by atoms with Crippen LogP contribution in [0.2, 0.25) is 0 Å². The Kier molecular flexibility index (Phi) is 4.71. The lowest BCUT2D eigenvalue weighted by molar-refractivity contribution is -0.118. The summed E-state index contributed by atoms with van der Waals surface area (Å²) >= 11 is 0. The van der Waals surface area contributed by atoms with E-state index in [0.717, 1.165) is 35.4 Å². The van der Waals surface area contributed by atoms with Gasteiger partial charge in [-0.05, 0) is 43.0 Å². The number of para-hydroxylation sites is 3. The zero-order valence-electron chi connectivity index (χ0n) is 15.3. The minimum atomic E-state index is -0.381. The van der Waals surface area contributed by atoms with E-state index in [1.54, 1.807) is 17.7 Å². The number of amides is 1. The standard InChI is InChI=1S/C21H22N2O4/c1-26-18-11-4-7-15-8-5-14-23(20(15)18)19(24)12-6-13-22-16-9-2-3-10-17(16)27-21(22)25/h2-4,7,9-11H,5-6,8,12-14H2,1H3. The van der Waals surface area contributed by atoms with Crippen molar-refractivity contribution in [3.8, 4) is 5.75 Å². The molecule has 6 nitrogen and oxygen atoms in total. The van der Waals surface area contributed by atoms with E-state index in [1.807, 2.05) is 35.2 Å². The van der Waals surface area contributed by atoms with Gasteiger partial charge in [0, 0.05) is 19.5 Å². The minimum absolute atomic E-state index is 0.0568. The third-order valence-corrected chi connectivity index (χ3v) is 5.05. The lowest BCUT2D eigenvalue weighted by Crippen LogP contribution is -2.35. The first-order valence-electron chi connectivity index (χ1n) is 9.23. The number of carbonyl (C=O) groups is 1. The number of ether oxygens (including phenoxy) is 1. The van der Waals surface area contributed by atoms with Crippen molar-refractivity contribution in [3.05, 3.63) is 58.6 Å². The maximum atomic E-state index is 12.9. The molecule has 0 aliphatic carbocycles. The molecule has 0 atom stereocenters. The van der Waals surface area contributed by atoms with Crippen LogP contribution in [-0.2, 0) is 17.8 Å². The molecule has 0 unspecified atom stereocenters. The normalized spacial score (nSPS) is 13.6. The summed E-state index contributed by atoms with van der Waals surface area (Å²) in [4.78, 5) is 26.7. The molecule has 0 saturated heterocycles. The average molecular weight is 366 g/mol. The molecule has 1 amide bonds. The lowest BCUT2D eigenvalue weighted by atomic mass is 10.0. The van der Waals surface area contributed by atoms with Gasteiger partial charge in [-0.2, -0.15) is 0 Å². The predicted molar refractivity (Wildman–Crippen MR) is 103 cm³/mol. The maximum absolute atomic E-state index is 12.9. The Balaban J connectivity index is 1.48. The molecule has 1 aliphatic rings. The van der Waals surface area contributed by atoms with E-state index in [-0.39, 0.29) is 11.7 Å². The first kappa shape index (κ1) is 17.4. The third-order valence-electron chi connectivity index (χ3n) is 5.05. The smallest absolute Gasteiger partial charge is 0.419 e. The van der Waals surface area contributed by atoms with Crippen molar-refractivity contribution in [2.24, 2.45) is 0 Å². The first-order chi connectivity index (χ1) is 13.2. The number of carbonyl (C=O) groups excluding carboxylic acids is 1. The molecule has 0 bridgehead atoms. The van der Waals surface area contributed by atoms with E-state index >= 15 is 0 Å². The summed E-state index contributed by atoms with van der Waals surface area (Å²) in [6.07, 6.45) is 2.83. The van der Waals surface area contributed by atoms with Gasteiger partial charge in [0.1, 0.15) is 5.75 Å². The molecule has 140 valence electrons. The highest BCUT2D eigenvalue weighted by Gasteiger charge is 2.25. The Morgan fingerprint density at radius 2 is 2.04 bits per heavy atom. The zero-order chi connectivity index (χ0) is 18.8.